The minimum Gasteiger partial charge on any atom is -0.479 e. The second-order valence-corrected chi connectivity index (χ2v) is 23.4. The van der Waals surface area contributed by atoms with Gasteiger partial charge < -0.3 is 74.4 Å². The zero-order valence-electron chi connectivity index (χ0n) is 38.4. The Labute approximate surface area is 371 Å². The Hall–Kier alpha value is -1.35. The molecule has 0 aromatic rings. The maximum Gasteiger partial charge on any atom is 0.335 e. The van der Waals surface area contributed by atoms with Crippen LogP contribution in [0.2, 0.25) is 0 Å². The lowest BCUT2D eigenvalue weighted by Crippen LogP contribution is -2.68. The van der Waals surface area contributed by atoms with Crippen molar-refractivity contribution in [3.05, 3.63) is 12.2 Å². The zero-order chi connectivity index (χ0) is 46.1. The van der Waals surface area contributed by atoms with E-state index in [-0.39, 0.29) is 45.0 Å². The van der Waals surface area contributed by atoms with Crippen molar-refractivity contribution >= 4 is 5.97 Å². The minimum absolute atomic E-state index is 0.00107. The van der Waals surface area contributed by atoms with Crippen molar-refractivity contribution in [2.24, 2.45) is 56.2 Å². The highest BCUT2D eigenvalue weighted by Gasteiger charge is 2.70. The average Bonchev–Trinajstić information content (AvgIpc) is 3.20. The predicted octanol–water partition coefficient (Wildman–Crippen LogP) is 2.23. The number of ether oxygens (including phenoxy) is 6. The monoisotopic (exact) mass is 897 g/mol. The van der Waals surface area contributed by atoms with Crippen LogP contribution in [0.25, 0.3) is 0 Å². The predicted molar refractivity (Wildman–Crippen MR) is 223 cm³/mol. The second kappa shape index (κ2) is 16.4. The van der Waals surface area contributed by atoms with E-state index in [2.05, 4.69) is 67.5 Å². The molecule has 0 unspecified atom stereocenters. The summed E-state index contributed by atoms with van der Waals surface area (Å²) in [7, 11) is 0. The number of carbonyl (C=O) groups is 1. The van der Waals surface area contributed by atoms with Gasteiger partial charge in [0.25, 0.3) is 0 Å². The largest absolute Gasteiger partial charge is 0.479 e. The molecule has 0 aromatic carbocycles. The zero-order valence-corrected chi connectivity index (χ0v) is 38.4. The molecule has 16 nitrogen and oxygen atoms in total. The summed E-state index contributed by atoms with van der Waals surface area (Å²) in [5, 5.41) is 97.3. The van der Waals surface area contributed by atoms with E-state index in [9.17, 15) is 50.8 Å². The molecule has 24 atom stereocenters. The van der Waals surface area contributed by atoms with E-state index in [1.54, 1.807) is 0 Å². The number of carboxylic acids is 1. The summed E-state index contributed by atoms with van der Waals surface area (Å²) in [5.41, 5.74) is -0.643. The first-order valence-electron chi connectivity index (χ1n) is 23.5. The Balaban J connectivity index is 1.05. The number of allylic oxidation sites excluding steroid dienone is 2. The number of carboxylic acid groups (broad SMARTS) is 1. The molecule has 3 aliphatic heterocycles. The SMILES string of the molecule is C[C@@H]1O[C@H](O[C@@H]2[C@@H](O[C@@H]3[C@@H](O[C@H]4CC[C@]5(C)[C@H]6C=C[C@@H]7[C@H]8CC(C)(C)C[C@@H](O)[C@]8(C)CC[C@@]7(C)[C@]6(C)CC[C@H]5C4(C)C)O[C@@H](C(=O)O)[C@H](O)[C@H]3O)OC[C@H](O)[C@H]2O)[C@@H](O)[C@H](O)[C@H]1O. The summed E-state index contributed by atoms with van der Waals surface area (Å²) in [5.74, 6) is -0.342. The van der Waals surface area contributed by atoms with Crippen molar-refractivity contribution in [1.29, 1.82) is 0 Å². The molecule has 5 aliphatic carbocycles. The van der Waals surface area contributed by atoms with Crippen molar-refractivity contribution in [3.8, 4) is 0 Å². The van der Waals surface area contributed by atoms with Crippen molar-refractivity contribution in [2.75, 3.05) is 6.61 Å². The molecule has 9 N–H and O–H groups in total. The lowest BCUT2D eigenvalue weighted by Gasteiger charge is -2.72. The highest BCUT2D eigenvalue weighted by atomic mass is 16.8. The molecule has 16 heteroatoms. The van der Waals surface area contributed by atoms with Gasteiger partial charge in [0.05, 0.1) is 24.9 Å². The first-order valence-corrected chi connectivity index (χ1v) is 23.5. The highest BCUT2D eigenvalue weighted by Crippen LogP contribution is 2.75. The van der Waals surface area contributed by atoms with Gasteiger partial charge in [-0.3, -0.25) is 0 Å². The van der Waals surface area contributed by atoms with Crippen molar-refractivity contribution in [3.63, 3.8) is 0 Å². The van der Waals surface area contributed by atoms with E-state index in [4.69, 9.17) is 28.4 Å². The molecule has 0 radical (unpaired) electrons. The second-order valence-electron chi connectivity index (χ2n) is 23.4. The molecule has 0 amide bonds. The molecular formula is C47H76O16. The Morgan fingerprint density at radius 1 is 0.635 bits per heavy atom. The molecule has 0 aromatic heterocycles. The fraction of sp³-hybridized carbons (Fsp3) is 0.936. The molecule has 0 spiro atoms. The number of aliphatic carboxylic acids is 1. The number of hydrogen-bond acceptors (Lipinski definition) is 15. The van der Waals surface area contributed by atoms with E-state index in [1.807, 2.05) is 0 Å². The number of aliphatic hydroxyl groups is 8. The van der Waals surface area contributed by atoms with Gasteiger partial charge >= 0.3 is 5.97 Å². The molecule has 63 heavy (non-hydrogen) atoms. The number of rotatable bonds is 7. The lowest BCUT2D eigenvalue weighted by atomic mass is 9.33. The third kappa shape index (κ3) is 7.51. The molecule has 3 saturated heterocycles. The van der Waals surface area contributed by atoms with Gasteiger partial charge in [-0.25, -0.2) is 4.79 Å². The van der Waals surface area contributed by atoms with E-state index < -0.39 is 110 Å². The quantitative estimate of drug-likeness (QED) is 0.131. The third-order valence-corrected chi connectivity index (χ3v) is 19.0. The van der Waals surface area contributed by atoms with Gasteiger partial charge in [0.2, 0.25) is 0 Å². The van der Waals surface area contributed by atoms with Crippen LogP contribution < -0.4 is 0 Å². The van der Waals surface area contributed by atoms with Gasteiger partial charge in [-0.1, -0.05) is 67.5 Å². The lowest BCUT2D eigenvalue weighted by molar-refractivity contribution is -0.386. The summed E-state index contributed by atoms with van der Waals surface area (Å²) in [6, 6.07) is 0. The number of hydrogen-bond donors (Lipinski definition) is 9. The summed E-state index contributed by atoms with van der Waals surface area (Å²) in [6.45, 7) is 19.7. The van der Waals surface area contributed by atoms with Gasteiger partial charge in [0.1, 0.15) is 54.9 Å². The topological polar surface area (TPSA) is 255 Å². The number of aliphatic hydroxyl groups excluding tert-OH is 8. The van der Waals surface area contributed by atoms with E-state index in [0.29, 0.717) is 18.3 Å². The molecular weight excluding hydrogens is 821 g/mol. The van der Waals surface area contributed by atoms with E-state index >= 15 is 0 Å². The van der Waals surface area contributed by atoms with E-state index in [0.717, 1.165) is 44.9 Å². The van der Waals surface area contributed by atoms with E-state index in [1.165, 1.54) is 6.92 Å². The normalized spacial score (nSPS) is 56.3. The fourth-order valence-electron chi connectivity index (χ4n) is 14.9. The Morgan fingerprint density at radius 2 is 1.30 bits per heavy atom. The Morgan fingerprint density at radius 3 is 1.98 bits per heavy atom. The van der Waals surface area contributed by atoms with Crippen LogP contribution in [0.1, 0.15) is 114 Å². The van der Waals surface area contributed by atoms with Gasteiger partial charge in [-0.15, -0.1) is 0 Å². The maximum atomic E-state index is 12.4. The summed E-state index contributed by atoms with van der Waals surface area (Å²) < 4.78 is 36.2. The molecule has 7 fully saturated rings. The van der Waals surface area contributed by atoms with Gasteiger partial charge in [0, 0.05) is 0 Å². The molecule has 3 heterocycles. The van der Waals surface area contributed by atoms with Crippen LogP contribution >= 0.6 is 0 Å². The average molecular weight is 897 g/mol. The first kappa shape index (κ1) is 48.1. The van der Waals surface area contributed by atoms with Crippen molar-refractivity contribution in [1.82, 2.24) is 0 Å². The smallest absolute Gasteiger partial charge is 0.335 e. The van der Waals surface area contributed by atoms with Crippen LogP contribution in [-0.4, -0.2) is 157 Å². The van der Waals surface area contributed by atoms with Crippen LogP contribution in [0.3, 0.4) is 0 Å². The first-order chi connectivity index (χ1) is 29.2. The van der Waals surface area contributed by atoms with Crippen LogP contribution in [0.5, 0.6) is 0 Å². The third-order valence-electron chi connectivity index (χ3n) is 19.0. The summed E-state index contributed by atoms with van der Waals surface area (Å²) >= 11 is 0. The molecule has 8 rings (SSSR count). The molecule has 0 bridgehead atoms. The molecule has 4 saturated carbocycles. The fourth-order valence-corrected chi connectivity index (χ4v) is 14.9. The van der Waals surface area contributed by atoms with Crippen LogP contribution in [-0.2, 0) is 33.2 Å². The highest BCUT2D eigenvalue weighted by molar-refractivity contribution is 5.73. The maximum absolute atomic E-state index is 12.4. The van der Waals surface area contributed by atoms with Crippen LogP contribution in [0.4, 0.5) is 0 Å². The van der Waals surface area contributed by atoms with Crippen molar-refractivity contribution < 1.29 is 79.2 Å². The van der Waals surface area contributed by atoms with Gasteiger partial charge in [-0.05, 0) is 114 Å². The van der Waals surface area contributed by atoms with Gasteiger partial charge in [-0.2, -0.15) is 0 Å². The van der Waals surface area contributed by atoms with Crippen molar-refractivity contribution in [2.45, 2.75) is 212 Å². The van der Waals surface area contributed by atoms with Crippen LogP contribution in [0.15, 0.2) is 12.2 Å². The Kier molecular flexibility index (Phi) is 12.5. The summed E-state index contributed by atoms with van der Waals surface area (Å²) in [6.07, 6.45) is -11.3. The molecule has 8 aliphatic rings. The minimum atomic E-state index is -1.96. The summed E-state index contributed by atoms with van der Waals surface area (Å²) in [4.78, 5) is 12.4. The van der Waals surface area contributed by atoms with Gasteiger partial charge in [0.15, 0.2) is 25.0 Å². The Bertz CT molecular complexity index is 1730. The number of fused-ring (bicyclic) bond motifs is 7. The molecule has 360 valence electrons. The van der Waals surface area contributed by atoms with Crippen LogP contribution in [0, 0.1) is 56.2 Å². The standard InChI is InChI=1S/C47H76O16/c1-21-29(50)31(52)34(55)39(59-21)62-36-30(51)24(48)20-58-40(36)63-37-33(54)32(53)35(38(56)57)61-41(37)60-28-13-14-45(7)25(43(28,4)5)12-15-47(9)26(45)11-10-22-23-18-42(2,3)19-27(49)44(23,6)16-17-46(22,47)8/h10-11,21-37,39-41,48-55H,12-20H2,1-9H3,(H,56,57)/t21-,22+,23+,24-,25-,26+,27+,28-,29-,30+,31+,32+,33+,34-,35+,36-,37-,39+,40+,41-,44+,45-,46+,47+/m0/s1.